The quantitative estimate of drug-likeness (QED) is 0.785. The molecule has 1 amide bonds. The molecule has 0 bridgehead atoms. The Labute approximate surface area is 162 Å². The number of nitrogens with zero attached hydrogens (tertiary/aromatic N) is 1. The average molecular weight is 392 g/mol. The fourth-order valence-corrected chi connectivity index (χ4v) is 3.32. The summed E-state index contributed by atoms with van der Waals surface area (Å²) < 4.78 is 43.4. The van der Waals surface area contributed by atoms with Crippen molar-refractivity contribution < 1.29 is 22.7 Å². The van der Waals surface area contributed by atoms with Crippen LogP contribution in [-0.4, -0.2) is 23.0 Å². The molecule has 150 valence electrons. The number of carbonyl (C=O) groups is 1. The second-order valence-corrected chi connectivity index (χ2v) is 7.03. The van der Waals surface area contributed by atoms with E-state index in [1.807, 2.05) is 30.3 Å². The first kappa shape index (κ1) is 20.2. The van der Waals surface area contributed by atoms with Gasteiger partial charge in [0.25, 0.3) is 0 Å². The van der Waals surface area contributed by atoms with E-state index in [4.69, 9.17) is 4.74 Å². The van der Waals surface area contributed by atoms with Crippen molar-refractivity contribution in [1.29, 1.82) is 0 Å². The summed E-state index contributed by atoms with van der Waals surface area (Å²) in [7, 11) is 0. The molecule has 0 unspecified atom stereocenters. The highest BCUT2D eigenvalue weighted by atomic mass is 19.4. The van der Waals surface area contributed by atoms with E-state index in [1.54, 1.807) is 0 Å². The van der Waals surface area contributed by atoms with Gasteiger partial charge in [0.1, 0.15) is 6.10 Å². The zero-order chi connectivity index (χ0) is 20.0. The molecule has 1 N–H and O–H groups in total. The van der Waals surface area contributed by atoms with E-state index in [-0.39, 0.29) is 23.9 Å². The normalized spacial score (nSPS) is 19.8. The number of hydrogen-bond acceptors (Lipinski definition) is 3. The summed E-state index contributed by atoms with van der Waals surface area (Å²) in [5.41, 5.74) is 0.348. The van der Waals surface area contributed by atoms with Crippen LogP contribution in [-0.2, 0) is 17.4 Å². The van der Waals surface area contributed by atoms with Gasteiger partial charge in [0.05, 0.1) is 5.56 Å². The lowest BCUT2D eigenvalue weighted by Crippen LogP contribution is -2.39. The maximum atomic E-state index is 12.6. The fourth-order valence-electron chi connectivity index (χ4n) is 3.32. The van der Waals surface area contributed by atoms with Crippen molar-refractivity contribution >= 4 is 5.91 Å². The van der Waals surface area contributed by atoms with Crippen LogP contribution in [0.5, 0.6) is 5.88 Å². The molecule has 1 aliphatic rings. The van der Waals surface area contributed by atoms with Gasteiger partial charge in [-0.3, -0.25) is 4.79 Å². The van der Waals surface area contributed by atoms with Gasteiger partial charge in [-0.05, 0) is 43.7 Å². The molecule has 1 fully saturated rings. The molecule has 0 spiro atoms. The molecule has 1 saturated carbocycles. The molecule has 0 aliphatic heterocycles. The maximum absolute atomic E-state index is 12.6. The van der Waals surface area contributed by atoms with Gasteiger partial charge in [0, 0.05) is 24.7 Å². The van der Waals surface area contributed by atoms with Crippen molar-refractivity contribution in [2.24, 2.45) is 0 Å². The number of aromatic nitrogens is 1. The lowest BCUT2D eigenvalue weighted by molar-refractivity contribution is -0.137. The molecule has 1 heterocycles. The molecule has 1 aliphatic carbocycles. The smallest absolute Gasteiger partial charge is 0.417 e. The number of pyridine rings is 1. The van der Waals surface area contributed by atoms with Crippen LogP contribution in [0.1, 0.15) is 43.2 Å². The molecule has 28 heavy (non-hydrogen) atoms. The predicted molar refractivity (Wildman–Crippen MR) is 98.8 cm³/mol. The molecule has 0 saturated heterocycles. The predicted octanol–water partition coefficient (Wildman–Crippen LogP) is 4.54. The Bertz CT molecular complexity index is 755. The van der Waals surface area contributed by atoms with E-state index in [0.717, 1.165) is 43.5 Å². The van der Waals surface area contributed by atoms with E-state index >= 15 is 0 Å². The number of ether oxygens (including phenoxy) is 1. The number of carbonyl (C=O) groups excluding carboxylic acids is 1. The Balaban J connectivity index is 1.39. The van der Waals surface area contributed by atoms with Crippen LogP contribution < -0.4 is 10.1 Å². The van der Waals surface area contributed by atoms with Gasteiger partial charge in [-0.2, -0.15) is 13.2 Å². The number of alkyl halides is 3. The average Bonchev–Trinajstić information content (AvgIpc) is 2.68. The van der Waals surface area contributed by atoms with Gasteiger partial charge in [-0.25, -0.2) is 4.98 Å². The van der Waals surface area contributed by atoms with E-state index in [1.165, 1.54) is 6.07 Å². The fraction of sp³-hybridized carbons (Fsp3) is 0.429. The Hall–Kier alpha value is -2.57. The Morgan fingerprint density at radius 2 is 1.79 bits per heavy atom. The molecular formula is C21H23F3N2O2. The van der Waals surface area contributed by atoms with Crippen LogP contribution in [0.3, 0.4) is 0 Å². The third kappa shape index (κ3) is 5.97. The lowest BCUT2D eigenvalue weighted by Gasteiger charge is -2.29. The number of rotatable bonds is 6. The minimum atomic E-state index is -4.40. The number of hydrogen-bond donors (Lipinski definition) is 1. The summed E-state index contributed by atoms with van der Waals surface area (Å²) in [4.78, 5) is 15.9. The number of amides is 1. The van der Waals surface area contributed by atoms with Gasteiger partial charge in [0.2, 0.25) is 11.8 Å². The second-order valence-electron chi connectivity index (χ2n) is 7.03. The van der Waals surface area contributed by atoms with Crippen LogP contribution in [0.15, 0.2) is 48.7 Å². The topological polar surface area (TPSA) is 51.2 Å². The standard InChI is InChI=1S/C21H23F3N2O2/c22-21(23,24)16-7-13-20(25-14-16)28-18-10-8-17(9-11-18)26-19(27)12-6-15-4-2-1-3-5-15/h1-5,7,13-14,17-18H,6,8-12H2,(H,26,27). The number of halogens is 3. The second kappa shape index (κ2) is 9.08. The molecule has 2 aromatic rings. The third-order valence-electron chi connectivity index (χ3n) is 4.87. The van der Waals surface area contributed by atoms with Gasteiger partial charge in [-0.1, -0.05) is 30.3 Å². The van der Waals surface area contributed by atoms with Crippen LogP contribution >= 0.6 is 0 Å². The SMILES string of the molecule is O=C(CCc1ccccc1)NC1CCC(Oc2ccc(C(F)(F)F)cn2)CC1. The highest BCUT2D eigenvalue weighted by Gasteiger charge is 2.31. The first-order valence-electron chi connectivity index (χ1n) is 9.43. The summed E-state index contributed by atoms with van der Waals surface area (Å²) in [5.74, 6) is 0.237. The van der Waals surface area contributed by atoms with Crippen molar-refractivity contribution in [2.75, 3.05) is 0 Å². The Morgan fingerprint density at radius 1 is 1.07 bits per heavy atom. The summed E-state index contributed by atoms with van der Waals surface area (Å²) in [6, 6.07) is 12.2. The summed E-state index contributed by atoms with van der Waals surface area (Å²) in [6.45, 7) is 0. The summed E-state index contributed by atoms with van der Waals surface area (Å²) in [5, 5.41) is 3.06. The monoisotopic (exact) mass is 392 g/mol. The van der Waals surface area contributed by atoms with Crippen molar-refractivity contribution in [3.05, 3.63) is 59.8 Å². The Kier molecular flexibility index (Phi) is 6.54. The first-order valence-corrected chi connectivity index (χ1v) is 9.43. The van der Waals surface area contributed by atoms with Crippen molar-refractivity contribution in [2.45, 2.75) is 56.8 Å². The lowest BCUT2D eigenvalue weighted by atomic mass is 9.92. The minimum absolute atomic E-state index is 0.0395. The molecule has 0 radical (unpaired) electrons. The van der Waals surface area contributed by atoms with E-state index in [9.17, 15) is 18.0 Å². The molecular weight excluding hydrogens is 369 g/mol. The molecule has 1 aromatic heterocycles. The zero-order valence-corrected chi connectivity index (χ0v) is 15.4. The van der Waals surface area contributed by atoms with Crippen molar-refractivity contribution in [3.8, 4) is 5.88 Å². The van der Waals surface area contributed by atoms with Crippen LogP contribution in [0.4, 0.5) is 13.2 Å². The van der Waals surface area contributed by atoms with Gasteiger partial charge >= 0.3 is 6.18 Å². The minimum Gasteiger partial charge on any atom is -0.474 e. The Morgan fingerprint density at radius 3 is 2.39 bits per heavy atom. The zero-order valence-electron chi connectivity index (χ0n) is 15.4. The largest absolute Gasteiger partial charge is 0.474 e. The van der Waals surface area contributed by atoms with Crippen LogP contribution in [0.2, 0.25) is 0 Å². The van der Waals surface area contributed by atoms with Crippen molar-refractivity contribution in [3.63, 3.8) is 0 Å². The summed E-state index contributed by atoms with van der Waals surface area (Å²) in [6.07, 6.45) is 0.474. The molecule has 1 aromatic carbocycles. The highest BCUT2D eigenvalue weighted by molar-refractivity contribution is 5.76. The van der Waals surface area contributed by atoms with Crippen molar-refractivity contribution in [1.82, 2.24) is 10.3 Å². The first-order chi connectivity index (χ1) is 13.4. The van der Waals surface area contributed by atoms with E-state index < -0.39 is 11.7 Å². The van der Waals surface area contributed by atoms with Gasteiger partial charge in [-0.15, -0.1) is 0 Å². The van der Waals surface area contributed by atoms with Crippen LogP contribution in [0, 0.1) is 0 Å². The van der Waals surface area contributed by atoms with E-state index in [0.29, 0.717) is 12.8 Å². The van der Waals surface area contributed by atoms with Gasteiger partial charge in [0.15, 0.2) is 0 Å². The molecule has 0 atom stereocenters. The van der Waals surface area contributed by atoms with E-state index in [2.05, 4.69) is 10.3 Å². The van der Waals surface area contributed by atoms with Gasteiger partial charge < -0.3 is 10.1 Å². The summed E-state index contributed by atoms with van der Waals surface area (Å²) >= 11 is 0. The third-order valence-corrected chi connectivity index (χ3v) is 4.87. The molecule has 4 nitrogen and oxygen atoms in total. The molecule has 3 rings (SSSR count). The number of aryl methyl sites for hydroxylation is 1. The number of benzene rings is 1. The maximum Gasteiger partial charge on any atom is 0.417 e. The highest BCUT2D eigenvalue weighted by Crippen LogP contribution is 2.30. The number of nitrogens with one attached hydrogen (secondary N) is 1. The van der Waals surface area contributed by atoms with Crippen LogP contribution in [0.25, 0.3) is 0 Å². The molecule has 7 heteroatoms.